The van der Waals surface area contributed by atoms with Gasteiger partial charge in [0.2, 0.25) is 0 Å². The molecule has 0 saturated heterocycles. The molecule has 1 aromatic carbocycles. The Morgan fingerprint density at radius 3 is 1.75 bits per heavy atom. The Morgan fingerprint density at radius 2 is 1.42 bits per heavy atom. The molecule has 0 atom stereocenters. The van der Waals surface area contributed by atoms with Crippen LogP contribution in [-0.2, 0) is 0 Å². The van der Waals surface area contributed by atoms with Crippen LogP contribution in [-0.4, -0.2) is 27.1 Å². The lowest BCUT2D eigenvalue weighted by molar-refractivity contribution is 0.107. The zero-order chi connectivity index (χ0) is 9.14. The molecule has 0 amide bonds. The molecule has 0 aromatic heterocycles. The van der Waals surface area contributed by atoms with Crippen molar-refractivity contribution >= 4 is 27.1 Å². The molecular formula is C8H4B2O2. The molecular weight excluding hydrogens is 150 g/mol. The maximum atomic E-state index is 10.6. The molecule has 0 N–H and O–H groups in total. The Labute approximate surface area is 72.8 Å². The fraction of sp³-hybridized carbons (Fsp3) is 0. The number of hydrogen-bond acceptors (Lipinski definition) is 2. The fourth-order valence-electron chi connectivity index (χ4n) is 0.826. The van der Waals surface area contributed by atoms with Gasteiger partial charge in [0.15, 0.2) is 15.7 Å². The van der Waals surface area contributed by atoms with E-state index in [0.717, 1.165) is 0 Å². The predicted molar refractivity (Wildman–Crippen MR) is 46.6 cm³/mol. The topological polar surface area (TPSA) is 34.1 Å². The highest BCUT2D eigenvalue weighted by atomic mass is 16.1. The number of hydrogen-bond donors (Lipinski definition) is 0. The van der Waals surface area contributed by atoms with Crippen LogP contribution in [0.1, 0.15) is 20.7 Å². The number of carbonyl (C=O) groups is 2. The summed E-state index contributed by atoms with van der Waals surface area (Å²) < 4.78 is 0. The highest BCUT2D eigenvalue weighted by Gasteiger charge is 2.01. The summed E-state index contributed by atoms with van der Waals surface area (Å²) >= 11 is 0. The van der Waals surface area contributed by atoms with Gasteiger partial charge in [-0.25, -0.2) is 0 Å². The largest absolute Gasteiger partial charge is 0.307 e. The fourth-order valence-corrected chi connectivity index (χ4v) is 0.826. The monoisotopic (exact) mass is 154 g/mol. The summed E-state index contributed by atoms with van der Waals surface area (Å²) in [6.45, 7) is 0. The lowest BCUT2D eigenvalue weighted by Crippen LogP contribution is -2.02. The molecule has 2 nitrogen and oxygen atoms in total. The lowest BCUT2D eigenvalue weighted by Gasteiger charge is -1.98. The first-order valence-corrected chi connectivity index (χ1v) is 3.31. The van der Waals surface area contributed by atoms with E-state index in [9.17, 15) is 9.59 Å². The summed E-state index contributed by atoms with van der Waals surface area (Å²) in [6.07, 6.45) is 0. The van der Waals surface area contributed by atoms with Gasteiger partial charge in [-0.15, -0.1) is 0 Å². The summed E-state index contributed by atoms with van der Waals surface area (Å²) in [4.78, 5) is 21.3. The van der Waals surface area contributed by atoms with Crippen LogP contribution in [0, 0.1) is 0 Å². The highest BCUT2D eigenvalue weighted by Crippen LogP contribution is 2.04. The number of benzene rings is 1. The number of carbonyl (C=O) groups excluding carboxylic acids is 2. The maximum Gasteiger partial charge on any atom is 0.175 e. The standard InChI is InChI=1S/C8H4B2O2/c9-7(11)5-2-1-3-6(4-5)8(10)12/h1-4H. The van der Waals surface area contributed by atoms with Crippen LogP contribution in [0.15, 0.2) is 24.3 Å². The first-order chi connectivity index (χ1) is 5.61. The average molecular weight is 154 g/mol. The van der Waals surface area contributed by atoms with Crippen LogP contribution in [0.5, 0.6) is 0 Å². The Hall–Kier alpha value is -1.31. The molecule has 0 spiro atoms. The molecule has 0 fully saturated rings. The zero-order valence-electron chi connectivity index (χ0n) is 6.28. The van der Waals surface area contributed by atoms with Crippen LogP contribution < -0.4 is 0 Å². The van der Waals surface area contributed by atoms with E-state index in [2.05, 4.69) is 0 Å². The van der Waals surface area contributed by atoms with Crippen molar-refractivity contribution in [2.75, 3.05) is 0 Å². The summed E-state index contributed by atoms with van der Waals surface area (Å²) in [5.74, 6) is 0. The van der Waals surface area contributed by atoms with Gasteiger partial charge in [-0.3, -0.25) is 0 Å². The molecule has 0 aliphatic carbocycles. The van der Waals surface area contributed by atoms with Crippen molar-refractivity contribution in [1.29, 1.82) is 0 Å². The molecule has 0 bridgehead atoms. The Morgan fingerprint density at radius 1 is 1.00 bits per heavy atom. The minimum Gasteiger partial charge on any atom is -0.307 e. The minimum absolute atomic E-state index is 0.284. The third-order valence-corrected chi connectivity index (χ3v) is 1.43. The molecule has 0 aliphatic heterocycles. The Balaban J connectivity index is 3.12. The van der Waals surface area contributed by atoms with Gasteiger partial charge in [0.1, 0.15) is 11.4 Å². The van der Waals surface area contributed by atoms with Crippen LogP contribution in [0.2, 0.25) is 0 Å². The first kappa shape index (κ1) is 8.78. The van der Waals surface area contributed by atoms with Crippen LogP contribution >= 0.6 is 0 Å². The van der Waals surface area contributed by atoms with E-state index in [1.165, 1.54) is 18.2 Å². The van der Waals surface area contributed by atoms with Gasteiger partial charge in [0.25, 0.3) is 0 Å². The second kappa shape index (κ2) is 3.39. The van der Waals surface area contributed by atoms with Crippen LogP contribution in [0.4, 0.5) is 0 Å². The summed E-state index contributed by atoms with van der Waals surface area (Å²) in [7, 11) is 9.98. The van der Waals surface area contributed by atoms with Gasteiger partial charge in [-0.05, 0) is 6.07 Å². The molecule has 1 aromatic rings. The molecule has 4 heteroatoms. The normalized spacial score (nSPS) is 9.33. The zero-order valence-corrected chi connectivity index (χ0v) is 6.28. The molecule has 0 heterocycles. The third-order valence-electron chi connectivity index (χ3n) is 1.43. The minimum atomic E-state index is -0.571. The summed E-state index contributed by atoms with van der Waals surface area (Å²) in [5, 5.41) is 0. The lowest BCUT2D eigenvalue weighted by atomic mass is 9.89. The van der Waals surface area contributed by atoms with Crippen LogP contribution in [0.25, 0.3) is 0 Å². The molecule has 0 unspecified atom stereocenters. The van der Waals surface area contributed by atoms with Gasteiger partial charge >= 0.3 is 0 Å². The van der Waals surface area contributed by atoms with Crippen molar-refractivity contribution in [3.8, 4) is 0 Å². The van der Waals surface area contributed by atoms with Gasteiger partial charge in [0, 0.05) is 11.1 Å². The summed E-state index contributed by atoms with van der Waals surface area (Å²) in [5.41, 5.74) is -0.575. The van der Waals surface area contributed by atoms with Gasteiger partial charge in [-0.2, -0.15) is 0 Å². The van der Waals surface area contributed by atoms with Crippen molar-refractivity contribution in [3.05, 3.63) is 35.4 Å². The van der Waals surface area contributed by atoms with E-state index in [0.29, 0.717) is 0 Å². The van der Waals surface area contributed by atoms with Gasteiger partial charge < -0.3 is 9.59 Å². The highest BCUT2D eigenvalue weighted by molar-refractivity contribution is 6.63. The SMILES string of the molecule is [B]C(=O)c1cccc(C([B])=O)c1. The molecule has 4 radical (unpaired) electrons. The van der Waals surface area contributed by atoms with E-state index < -0.39 is 11.4 Å². The summed E-state index contributed by atoms with van der Waals surface area (Å²) in [6, 6.07) is 5.97. The van der Waals surface area contributed by atoms with Crippen LogP contribution in [0.3, 0.4) is 0 Å². The molecule has 12 heavy (non-hydrogen) atoms. The second-order valence-corrected chi connectivity index (χ2v) is 2.31. The Kier molecular flexibility index (Phi) is 2.48. The van der Waals surface area contributed by atoms with E-state index in [1.54, 1.807) is 6.07 Å². The van der Waals surface area contributed by atoms with E-state index in [-0.39, 0.29) is 11.1 Å². The van der Waals surface area contributed by atoms with Crippen molar-refractivity contribution in [2.24, 2.45) is 0 Å². The number of rotatable bonds is 2. The molecule has 1 rings (SSSR count). The van der Waals surface area contributed by atoms with Crippen molar-refractivity contribution < 1.29 is 9.59 Å². The quantitative estimate of drug-likeness (QED) is 0.574. The van der Waals surface area contributed by atoms with E-state index in [4.69, 9.17) is 15.7 Å². The molecule has 0 aliphatic rings. The second-order valence-electron chi connectivity index (χ2n) is 2.31. The van der Waals surface area contributed by atoms with Crippen molar-refractivity contribution in [3.63, 3.8) is 0 Å². The van der Waals surface area contributed by atoms with Crippen molar-refractivity contribution in [2.45, 2.75) is 0 Å². The average Bonchev–Trinajstić information content (AvgIpc) is 2.04. The third kappa shape index (κ3) is 1.84. The van der Waals surface area contributed by atoms with Crippen molar-refractivity contribution in [1.82, 2.24) is 0 Å². The maximum absolute atomic E-state index is 10.6. The van der Waals surface area contributed by atoms with E-state index in [1.807, 2.05) is 0 Å². The predicted octanol–water partition coefficient (Wildman–Crippen LogP) is 0.304. The first-order valence-electron chi connectivity index (χ1n) is 3.31. The van der Waals surface area contributed by atoms with E-state index >= 15 is 0 Å². The smallest absolute Gasteiger partial charge is 0.175 e. The van der Waals surface area contributed by atoms with Gasteiger partial charge in [-0.1, -0.05) is 18.2 Å². The van der Waals surface area contributed by atoms with Gasteiger partial charge in [0.05, 0.1) is 0 Å². The molecule has 54 valence electrons. The molecule has 0 saturated carbocycles. The Bertz CT molecular complexity index is 304.